The summed E-state index contributed by atoms with van der Waals surface area (Å²) in [6.07, 6.45) is 1.98. The van der Waals surface area contributed by atoms with E-state index in [2.05, 4.69) is 27.3 Å². The Morgan fingerprint density at radius 1 is 1.25 bits per heavy atom. The van der Waals surface area contributed by atoms with Gasteiger partial charge in [0.25, 0.3) is 5.91 Å². The van der Waals surface area contributed by atoms with Crippen LogP contribution in [0.5, 0.6) is 0 Å². The van der Waals surface area contributed by atoms with Crippen molar-refractivity contribution in [2.24, 2.45) is 0 Å². The molecule has 0 heterocycles. The van der Waals surface area contributed by atoms with Crippen LogP contribution in [0.1, 0.15) is 15.9 Å². The molecule has 0 radical (unpaired) electrons. The van der Waals surface area contributed by atoms with Crippen LogP contribution in [0.4, 0.5) is 5.69 Å². The molecule has 0 aliphatic heterocycles. The Kier molecular flexibility index (Phi) is 4.83. The molecule has 5 heteroatoms. The van der Waals surface area contributed by atoms with E-state index in [-0.39, 0.29) is 5.91 Å². The third-order valence-corrected chi connectivity index (χ3v) is 3.94. The molecule has 2 rings (SSSR count). The summed E-state index contributed by atoms with van der Waals surface area (Å²) in [5, 5.41) is 11.8. The molecule has 0 bridgehead atoms. The van der Waals surface area contributed by atoms with Gasteiger partial charge in [-0.3, -0.25) is 4.79 Å². The second-order valence-electron chi connectivity index (χ2n) is 3.98. The molecule has 2 aromatic carbocycles. The van der Waals surface area contributed by atoms with Gasteiger partial charge in [0, 0.05) is 14.9 Å². The van der Waals surface area contributed by atoms with Gasteiger partial charge >= 0.3 is 0 Å². The number of benzene rings is 2. The highest BCUT2D eigenvalue weighted by Gasteiger charge is 2.09. The van der Waals surface area contributed by atoms with E-state index in [4.69, 9.17) is 5.26 Å². The van der Waals surface area contributed by atoms with Crippen LogP contribution in [0.3, 0.4) is 0 Å². The summed E-state index contributed by atoms with van der Waals surface area (Å²) < 4.78 is 0.802. The molecule has 1 N–H and O–H groups in total. The number of hydrogen-bond acceptors (Lipinski definition) is 3. The topological polar surface area (TPSA) is 52.9 Å². The lowest BCUT2D eigenvalue weighted by Crippen LogP contribution is -2.12. The quantitative estimate of drug-likeness (QED) is 0.843. The van der Waals surface area contributed by atoms with E-state index in [0.29, 0.717) is 16.8 Å². The van der Waals surface area contributed by atoms with E-state index in [1.807, 2.05) is 18.4 Å². The van der Waals surface area contributed by atoms with E-state index < -0.39 is 0 Å². The number of anilines is 1. The van der Waals surface area contributed by atoms with Gasteiger partial charge < -0.3 is 5.32 Å². The number of halogens is 1. The Morgan fingerprint density at radius 2 is 1.95 bits per heavy atom. The zero-order valence-electron chi connectivity index (χ0n) is 10.7. The highest BCUT2D eigenvalue weighted by atomic mass is 79.9. The SMILES string of the molecule is CSc1ccc(C(=O)Nc2ccc(Br)cc2C#N)cc1. The number of carbonyl (C=O) groups excluding carboxylic acids is 1. The monoisotopic (exact) mass is 346 g/mol. The number of nitriles is 1. The van der Waals surface area contributed by atoms with Crippen molar-refractivity contribution < 1.29 is 4.79 Å². The molecule has 0 aliphatic carbocycles. The van der Waals surface area contributed by atoms with E-state index in [9.17, 15) is 4.79 Å². The van der Waals surface area contributed by atoms with Crippen molar-refractivity contribution in [1.82, 2.24) is 0 Å². The van der Waals surface area contributed by atoms with Crippen molar-refractivity contribution in [1.29, 1.82) is 5.26 Å². The van der Waals surface area contributed by atoms with Gasteiger partial charge in [0.1, 0.15) is 6.07 Å². The van der Waals surface area contributed by atoms with Gasteiger partial charge in [-0.15, -0.1) is 11.8 Å². The zero-order chi connectivity index (χ0) is 14.5. The molecule has 1 amide bonds. The molecular formula is C15H11BrN2OS. The van der Waals surface area contributed by atoms with Crippen LogP contribution >= 0.6 is 27.7 Å². The van der Waals surface area contributed by atoms with E-state index in [1.165, 1.54) is 0 Å². The molecule has 0 spiro atoms. The molecule has 0 unspecified atom stereocenters. The van der Waals surface area contributed by atoms with E-state index in [1.54, 1.807) is 42.1 Å². The molecule has 20 heavy (non-hydrogen) atoms. The molecule has 0 saturated heterocycles. The van der Waals surface area contributed by atoms with Crippen molar-refractivity contribution in [2.45, 2.75) is 4.90 Å². The van der Waals surface area contributed by atoms with Gasteiger partial charge in [0.2, 0.25) is 0 Å². The average molecular weight is 347 g/mol. The van der Waals surface area contributed by atoms with Crippen molar-refractivity contribution >= 4 is 39.3 Å². The highest BCUT2D eigenvalue weighted by Crippen LogP contribution is 2.21. The van der Waals surface area contributed by atoms with Gasteiger partial charge in [-0.25, -0.2) is 0 Å². The summed E-state index contributed by atoms with van der Waals surface area (Å²) in [5.41, 5.74) is 1.50. The second kappa shape index (κ2) is 6.60. The molecule has 0 fully saturated rings. The van der Waals surface area contributed by atoms with Crippen molar-refractivity contribution in [3.8, 4) is 6.07 Å². The Labute approximate surface area is 130 Å². The lowest BCUT2D eigenvalue weighted by Gasteiger charge is -2.07. The largest absolute Gasteiger partial charge is 0.321 e. The summed E-state index contributed by atoms with van der Waals surface area (Å²) in [6.45, 7) is 0. The fourth-order valence-electron chi connectivity index (χ4n) is 1.65. The first-order chi connectivity index (χ1) is 9.63. The van der Waals surface area contributed by atoms with Crippen LogP contribution in [-0.4, -0.2) is 12.2 Å². The minimum absolute atomic E-state index is 0.225. The maximum Gasteiger partial charge on any atom is 0.255 e. The molecule has 0 aromatic heterocycles. The van der Waals surface area contributed by atoms with Crippen molar-refractivity contribution in [3.05, 3.63) is 58.1 Å². The van der Waals surface area contributed by atoms with E-state index in [0.717, 1.165) is 9.37 Å². The summed E-state index contributed by atoms with van der Waals surface area (Å²) in [5.74, 6) is -0.225. The predicted octanol–water partition coefficient (Wildman–Crippen LogP) is 4.29. The summed E-state index contributed by atoms with van der Waals surface area (Å²) in [7, 11) is 0. The Bertz CT molecular complexity index is 677. The average Bonchev–Trinajstić information content (AvgIpc) is 2.49. The number of nitrogens with zero attached hydrogens (tertiary/aromatic N) is 1. The van der Waals surface area contributed by atoms with Crippen LogP contribution in [0.25, 0.3) is 0 Å². The molecule has 2 aromatic rings. The minimum Gasteiger partial charge on any atom is -0.321 e. The number of carbonyl (C=O) groups is 1. The molecule has 0 saturated carbocycles. The normalized spacial score (nSPS) is 9.85. The minimum atomic E-state index is -0.225. The third-order valence-electron chi connectivity index (χ3n) is 2.70. The van der Waals surface area contributed by atoms with Crippen molar-refractivity contribution in [2.75, 3.05) is 11.6 Å². The maximum atomic E-state index is 12.1. The van der Waals surface area contributed by atoms with Gasteiger partial charge in [0.15, 0.2) is 0 Å². The van der Waals surface area contributed by atoms with E-state index >= 15 is 0 Å². The van der Waals surface area contributed by atoms with Crippen LogP contribution in [-0.2, 0) is 0 Å². The first kappa shape index (κ1) is 14.6. The number of thioether (sulfide) groups is 1. The predicted molar refractivity (Wildman–Crippen MR) is 85.0 cm³/mol. The third kappa shape index (κ3) is 3.41. The summed E-state index contributed by atoms with van der Waals surface area (Å²) in [4.78, 5) is 13.2. The molecule has 100 valence electrons. The fourth-order valence-corrected chi connectivity index (χ4v) is 2.42. The number of hydrogen-bond donors (Lipinski definition) is 1. The van der Waals surface area contributed by atoms with Gasteiger partial charge in [-0.05, 0) is 48.7 Å². The first-order valence-corrected chi connectivity index (χ1v) is 7.81. The second-order valence-corrected chi connectivity index (χ2v) is 5.78. The number of nitrogens with one attached hydrogen (secondary N) is 1. The number of amides is 1. The molecule has 0 aliphatic rings. The lowest BCUT2D eigenvalue weighted by molar-refractivity contribution is 0.102. The molecule has 3 nitrogen and oxygen atoms in total. The molecule has 0 atom stereocenters. The number of rotatable bonds is 3. The van der Waals surface area contributed by atoms with Crippen molar-refractivity contribution in [3.63, 3.8) is 0 Å². The van der Waals surface area contributed by atoms with Gasteiger partial charge in [-0.1, -0.05) is 15.9 Å². The summed E-state index contributed by atoms with van der Waals surface area (Å²) in [6, 6.07) is 14.6. The standard InChI is InChI=1S/C15H11BrN2OS/c1-20-13-5-2-10(3-6-13)15(19)18-14-7-4-12(16)8-11(14)9-17/h2-8H,1H3,(H,18,19). The zero-order valence-corrected chi connectivity index (χ0v) is 13.1. The summed E-state index contributed by atoms with van der Waals surface area (Å²) >= 11 is 4.92. The lowest BCUT2D eigenvalue weighted by atomic mass is 10.1. The fraction of sp³-hybridized carbons (Fsp3) is 0.0667. The Morgan fingerprint density at radius 3 is 2.55 bits per heavy atom. The van der Waals surface area contributed by atoms with Crippen LogP contribution in [0.2, 0.25) is 0 Å². The highest BCUT2D eigenvalue weighted by molar-refractivity contribution is 9.10. The van der Waals surface area contributed by atoms with Crippen LogP contribution in [0, 0.1) is 11.3 Å². The maximum absolute atomic E-state index is 12.1. The van der Waals surface area contributed by atoms with Gasteiger partial charge in [0.05, 0.1) is 11.3 Å². The Hall–Kier alpha value is -1.77. The van der Waals surface area contributed by atoms with Crippen LogP contribution < -0.4 is 5.32 Å². The Balaban J connectivity index is 2.21. The van der Waals surface area contributed by atoms with Gasteiger partial charge in [-0.2, -0.15) is 5.26 Å². The smallest absolute Gasteiger partial charge is 0.255 e. The first-order valence-electron chi connectivity index (χ1n) is 5.79. The molecular weight excluding hydrogens is 336 g/mol. The van der Waals surface area contributed by atoms with Crippen LogP contribution in [0.15, 0.2) is 51.8 Å².